The minimum atomic E-state index is 0.412. The molecule has 0 bridgehead atoms. The van der Waals surface area contributed by atoms with E-state index in [1.54, 1.807) is 0 Å². The number of nitrogens with zero attached hydrogens (tertiary/aromatic N) is 1. The van der Waals surface area contributed by atoms with Crippen LogP contribution < -0.4 is 5.32 Å². The summed E-state index contributed by atoms with van der Waals surface area (Å²) in [6, 6.07) is 0.706. The predicted molar refractivity (Wildman–Crippen MR) is 83.5 cm³/mol. The van der Waals surface area contributed by atoms with Crippen molar-refractivity contribution in [3.05, 3.63) is 0 Å². The van der Waals surface area contributed by atoms with Gasteiger partial charge in [0.05, 0.1) is 0 Å². The summed E-state index contributed by atoms with van der Waals surface area (Å²) >= 11 is 0. The maximum absolute atomic E-state index is 3.91. The van der Waals surface area contributed by atoms with E-state index < -0.39 is 0 Å². The van der Waals surface area contributed by atoms with Gasteiger partial charge in [0.15, 0.2) is 0 Å². The molecule has 19 heavy (non-hydrogen) atoms. The third-order valence-corrected chi connectivity index (χ3v) is 5.45. The molecule has 0 aromatic carbocycles. The Kier molecular flexibility index (Phi) is 5.30. The van der Waals surface area contributed by atoms with Gasteiger partial charge in [-0.2, -0.15) is 0 Å². The van der Waals surface area contributed by atoms with Crippen molar-refractivity contribution < 1.29 is 0 Å². The van der Waals surface area contributed by atoms with Gasteiger partial charge < -0.3 is 10.2 Å². The Morgan fingerprint density at radius 3 is 2.53 bits per heavy atom. The van der Waals surface area contributed by atoms with Crippen molar-refractivity contribution in [1.29, 1.82) is 0 Å². The van der Waals surface area contributed by atoms with Gasteiger partial charge in [0, 0.05) is 11.6 Å². The molecule has 2 nitrogen and oxygen atoms in total. The average Bonchev–Trinajstić information content (AvgIpc) is 3.18. The summed E-state index contributed by atoms with van der Waals surface area (Å²) in [5.74, 6) is 1.91. The Hall–Kier alpha value is -0.0800. The van der Waals surface area contributed by atoms with Crippen molar-refractivity contribution in [3.8, 4) is 0 Å². The second-order valence-electron chi connectivity index (χ2n) is 7.39. The molecule has 0 aromatic heterocycles. The monoisotopic (exact) mass is 266 g/mol. The number of rotatable bonds is 7. The highest BCUT2D eigenvalue weighted by Gasteiger charge is 2.44. The second-order valence-corrected chi connectivity index (χ2v) is 7.39. The van der Waals surface area contributed by atoms with Gasteiger partial charge in [0.2, 0.25) is 0 Å². The van der Waals surface area contributed by atoms with Crippen LogP contribution in [0.2, 0.25) is 0 Å². The van der Waals surface area contributed by atoms with Crippen LogP contribution >= 0.6 is 0 Å². The van der Waals surface area contributed by atoms with Gasteiger partial charge in [-0.25, -0.2) is 0 Å². The van der Waals surface area contributed by atoms with Crippen molar-refractivity contribution in [2.24, 2.45) is 11.8 Å². The summed E-state index contributed by atoms with van der Waals surface area (Å²) < 4.78 is 0. The number of likely N-dealkylation sites (N-methyl/N-ethyl adjacent to an activating group) is 1. The Balaban J connectivity index is 2.11. The van der Waals surface area contributed by atoms with E-state index >= 15 is 0 Å². The molecular formula is C17H34N2. The molecule has 2 aliphatic rings. The highest BCUT2D eigenvalue weighted by Crippen LogP contribution is 2.43. The lowest BCUT2D eigenvalue weighted by atomic mass is 9.70. The van der Waals surface area contributed by atoms with Gasteiger partial charge in [-0.15, -0.1) is 0 Å². The molecule has 112 valence electrons. The second kappa shape index (κ2) is 6.58. The first-order valence-electron chi connectivity index (χ1n) is 8.49. The molecular weight excluding hydrogens is 232 g/mol. The van der Waals surface area contributed by atoms with E-state index in [0.29, 0.717) is 11.6 Å². The van der Waals surface area contributed by atoms with E-state index in [2.05, 4.69) is 38.2 Å². The molecule has 0 spiro atoms. The lowest BCUT2D eigenvalue weighted by molar-refractivity contribution is 0.0324. The number of nitrogens with one attached hydrogen (secondary N) is 1. The van der Waals surface area contributed by atoms with Crippen LogP contribution in [0.15, 0.2) is 0 Å². The van der Waals surface area contributed by atoms with Crippen molar-refractivity contribution >= 4 is 0 Å². The summed E-state index contributed by atoms with van der Waals surface area (Å²) in [4.78, 5) is 2.55. The minimum Gasteiger partial charge on any atom is -0.312 e. The molecule has 0 saturated heterocycles. The van der Waals surface area contributed by atoms with Crippen molar-refractivity contribution in [2.45, 2.75) is 76.8 Å². The predicted octanol–water partition coefficient (Wildman–Crippen LogP) is 3.67. The Morgan fingerprint density at radius 1 is 1.26 bits per heavy atom. The van der Waals surface area contributed by atoms with Gasteiger partial charge in [-0.3, -0.25) is 0 Å². The van der Waals surface area contributed by atoms with Gasteiger partial charge in [0.25, 0.3) is 0 Å². The van der Waals surface area contributed by atoms with E-state index in [0.717, 1.165) is 11.8 Å². The van der Waals surface area contributed by atoms with Crippen LogP contribution in [0.5, 0.6) is 0 Å². The SMILES string of the molecule is CCCNC(CC1CC1)C1(N(C)C)CCCC(C)C1. The van der Waals surface area contributed by atoms with Crippen molar-refractivity contribution in [3.63, 3.8) is 0 Å². The van der Waals surface area contributed by atoms with Gasteiger partial charge in [-0.1, -0.05) is 39.5 Å². The summed E-state index contributed by atoms with van der Waals surface area (Å²) in [5.41, 5.74) is 0.412. The zero-order valence-electron chi connectivity index (χ0n) is 13.5. The Bertz CT molecular complexity index is 272. The fourth-order valence-corrected chi connectivity index (χ4v) is 4.10. The quantitative estimate of drug-likeness (QED) is 0.756. The molecule has 3 atom stereocenters. The molecule has 0 aliphatic heterocycles. The van der Waals surface area contributed by atoms with Crippen LogP contribution in [0, 0.1) is 11.8 Å². The van der Waals surface area contributed by atoms with Gasteiger partial charge in [-0.05, 0) is 58.2 Å². The summed E-state index contributed by atoms with van der Waals surface area (Å²) in [6.45, 7) is 5.92. The zero-order valence-corrected chi connectivity index (χ0v) is 13.5. The molecule has 2 saturated carbocycles. The van der Waals surface area contributed by atoms with E-state index in [9.17, 15) is 0 Å². The Labute approximate surface area is 120 Å². The third-order valence-electron chi connectivity index (χ3n) is 5.45. The highest BCUT2D eigenvalue weighted by atomic mass is 15.2. The van der Waals surface area contributed by atoms with Crippen molar-refractivity contribution in [2.75, 3.05) is 20.6 Å². The van der Waals surface area contributed by atoms with E-state index in [4.69, 9.17) is 0 Å². The smallest absolute Gasteiger partial charge is 0.0359 e. The first-order chi connectivity index (χ1) is 9.08. The van der Waals surface area contributed by atoms with E-state index in [1.165, 1.54) is 57.9 Å². The van der Waals surface area contributed by atoms with Crippen LogP contribution in [0.3, 0.4) is 0 Å². The highest BCUT2D eigenvalue weighted by molar-refractivity contribution is 5.03. The fourth-order valence-electron chi connectivity index (χ4n) is 4.10. The standard InChI is InChI=1S/C17H34N2/c1-5-11-18-16(12-15-8-9-15)17(19(3)4)10-6-7-14(2)13-17/h14-16,18H,5-13H2,1-4H3. The topological polar surface area (TPSA) is 15.3 Å². The molecule has 3 unspecified atom stereocenters. The van der Waals surface area contributed by atoms with Crippen LogP contribution in [-0.4, -0.2) is 37.1 Å². The van der Waals surface area contributed by atoms with E-state index in [1.807, 2.05) is 0 Å². The normalized spacial score (nSPS) is 33.6. The molecule has 2 fully saturated rings. The fraction of sp³-hybridized carbons (Fsp3) is 1.00. The summed E-state index contributed by atoms with van der Waals surface area (Å²) in [6.07, 6.45) is 11.2. The maximum atomic E-state index is 3.91. The Morgan fingerprint density at radius 2 is 2.00 bits per heavy atom. The summed E-state index contributed by atoms with van der Waals surface area (Å²) in [7, 11) is 4.62. The number of hydrogen-bond donors (Lipinski definition) is 1. The summed E-state index contributed by atoms with van der Waals surface area (Å²) in [5, 5.41) is 3.91. The average molecular weight is 266 g/mol. The first-order valence-corrected chi connectivity index (χ1v) is 8.49. The number of hydrogen-bond acceptors (Lipinski definition) is 2. The maximum Gasteiger partial charge on any atom is 0.0359 e. The van der Waals surface area contributed by atoms with Gasteiger partial charge in [0.1, 0.15) is 0 Å². The van der Waals surface area contributed by atoms with Crippen LogP contribution in [0.1, 0.15) is 65.2 Å². The van der Waals surface area contributed by atoms with Crippen LogP contribution in [-0.2, 0) is 0 Å². The first kappa shape index (κ1) is 15.3. The molecule has 2 aliphatic carbocycles. The molecule has 0 aromatic rings. The lowest BCUT2D eigenvalue weighted by Crippen LogP contribution is -2.61. The lowest BCUT2D eigenvalue weighted by Gasteiger charge is -2.51. The molecule has 1 N–H and O–H groups in total. The molecule has 0 radical (unpaired) electrons. The largest absolute Gasteiger partial charge is 0.312 e. The molecule has 0 amide bonds. The molecule has 2 heteroatoms. The van der Waals surface area contributed by atoms with Crippen molar-refractivity contribution in [1.82, 2.24) is 10.2 Å². The van der Waals surface area contributed by atoms with Crippen LogP contribution in [0.4, 0.5) is 0 Å². The molecule has 2 rings (SSSR count). The minimum absolute atomic E-state index is 0.412. The zero-order chi connectivity index (χ0) is 13.9. The van der Waals surface area contributed by atoms with Gasteiger partial charge >= 0.3 is 0 Å². The van der Waals surface area contributed by atoms with Crippen LogP contribution in [0.25, 0.3) is 0 Å². The molecule has 0 heterocycles. The third kappa shape index (κ3) is 3.72. The van der Waals surface area contributed by atoms with E-state index in [-0.39, 0.29) is 0 Å².